The molecule has 0 fully saturated rings. The SMILES string of the molecule is CCCC(OCC)C(N)Cc1cccc(Br)c1. The number of hydrogen-bond acceptors (Lipinski definition) is 2. The smallest absolute Gasteiger partial charge is 0.0728 e. The van der Waals surface area contributed by atoms with Crippen molar-refractivity contribution in [1.29, 1.82) is 0 Å². The summed E-state index contributed by atoms with van der Waals surface area (Å²) in [6, 6.07) is 8.38. The molecule has 1 aromatic rings. The Kier molecular flexibility index (Phi) is 6.78. The summed E-state index contributed by atoms with van der Waals surface area (Å²) >= 11 is 3.48. The van der Waals surface area contributed by atoms with E-state index in [1.54, 1.807) is 0 Å². The second-order valence-corrected chi connectivity index (χ2v) is 5.20. The van der Waals surface area contributed by atoms with Gasteiger partial charge in [0.15, 0.2) is 0 Å². The van der Waals surface area contributed by atoms with Gasteiger partial charge in [0.25, 0.3) is 0 Å². The van der Waals surface area contributed by atoms with E-state index in [9.17, 15) is 0 Å². The highest BCUT2D eigenvalue weighted by Gasteiger charge is 2.17. The average molecular weight is 300 g/mol. The third-order valence-electron chi connectivity index (χ3n) is 2.79. The van der Waals surface area contributed by atoms with E-state index in [4.69, 9.17) is 10.5 Å². The fraction of sp³-hybridized carbons (Fsp3) is 0.571. The van der Waals surface area contributed by atoms with Crippen molar-refractivity contribution in [1.82, 2.24) is 0 Å². The van der Waals surface area contributed by atoms with Gasteiger partial charge in [-0.05, 0) is 37.5 Å². The summed E-state index contributed by atoms with van der Waals surface area (Å²) in [5.74, 6) is 0. The Morgan fingerprint density at radius 1 is 1.35 bits per heavy atom. The Morgan fingerprint density at radius 2 is 2.12 bits per heavy atom. The number of halogens is 1. The van der Waals surface area contributed by atoms with Crippen molar-refractivity contribution in [3.8, 4) is 0 Å². The van der Waals surface area contributed by atoms with Gasteiger partial charge in [-0.2, -0.15) is 0 Å². The predicted molar refractivity (Wildman–Crippen MR) is 76.1 cm³/mol. The molecule has 0 amide bonds. The van der Waals surface area contributed by atoms with Crippen LogP contribution in [0.5, 0.6) is 0 Å². The highest BCUT2D eigenvalue weighted by Crippen LogP contribution is 2.15. The van der Waals surface area contributed by atoms with Crippen molar-refractivity contribution in [2.24, 2.45) is 5.73 Å². The van der Waals surface area contributed by atoms with E-state index >= 15 is 0 Å². The molecule has 0 aliphatic rings. The molecule has 1 aromatic carbocycles. The molecule has 0 aliphatic heterocycles. The highest BCUT2D eigenvalue weighted by molar-refractivity contribution is 9.10. The van der Waals surface area contributed by atoms with Crippen LogP contribution in [0.4, 0.5) is 0 Å². The van der Waals surface area contributed by atoms with Crippen LogP contribution >= 0.6 is 15.9 Å². The molecule has 17 heavy (non-hydrogen) atoms. The van der Waals surface area contributed by atoms with Gasteiger partial charge in [0.05, 0.1) is 6.10 Å². The molecule has 0 aromatic heterocycles. The van der Waals surface area contributed by atoms with E-state index in [-0.39, 0.29) is 12.1 Å². The lowest BCUT2D eigenvalue weighted by Gasteiger charge is -2.23. The van der Waals surface area contributed by atoms with E-state index in [1.807, 2.05) is 19.1 Å². The van der Waals surface area contributed by atoms with E-state index in [1.165, 1.54) is 5.56 Å². The third kappa shape index (κ3) is 5.19. The summed E-state index contributed by atoms with van der Waals surface area (Å²) in [6.07, 6.45) is 3.17. The molecule has 2 atom stereocenters. The van der Waals surface area contributed by atoms with Crippen molar-refractivity contribution >= 4 is 15.9 Å². The minimum Gasteiger partial charge on any atom is -0.377 e. The van der Waals surface area contributed by atoms with Crippen molar-refractivity contribution in [3.63, 3.8) is 0 Å². The Morgan fingerprint density at radius 3 is 2.71 bits per heavy atom. The van der Waals surface area contributed by atoms with Gasteiger partial charge >= 0.3 is 0 Å². The summed E-state index contributed by atoms with van der Waals surface area (Å²) in [5, 5.41) is 0. The molecule has 3 heteroatoms. The molecule has 0 heterocycles. The molecule has 0 saturated heterocycles. The van der Waals surface area contributed by atoms with Gasteiger partial charge in [0, 0.05) is 17.1 Å². The fourth-order valence-electron chi connectivity index (χ4n) is 1.99. The minimum atomic E-state index is 0.0733. The van der Waals surface area contributed by atoms with Gasteiger partial charge in [-0.1, -0.05) is 41.4 Å². The van der Waals surface area contributed by atoms with E-state index < -0.39 is 0 Å². The number of rotatable bonds is 7. The summed E-state index contributed by atoms with van der Waals surface area (Å²) < 4.78 is 6.81. The lowest BCUT2D eigenvalue weighted by molar-refractivity contribution is 0.0378. The van der Waals surface area contributed by atoms with Crippen LogP contribution in [0.15, 0.2) is 28.7 Å². The lowest BCUT2D eigenvalue weighted by Crippen LogP contribution is -2.38. The van der Waals surface area contributed by atoms with Gasteiger partial charge in [0.2, 0.25) is 0 Å². The Hall–Kier alpha value is -0.380. The minimum absolute atomic E-state index is 0.0733. The van der Waals surface area contributed by atoms with E-state index in [0.29, 0.717) is 0 Å². The maximum atomic E-state index is 6.23. The van der Waals surface area contributed by atoms with Crippen molar-refractivity contribution in [2.75, 3.05) is 6.61 Å². The zero-order chi connectivity index (χ0) is 12.7. The normalized spacial score (nSPS) is 14.6. The van der Waals surface area contributed by atoms with Crippen molar-refractivity contribution in [3.05, 3.63) is 34.3 Å². The molecule has 1 rings (SSSR count). The third-order valence-corrected chi connectivity index (χ3v) is 3.29. The van der Waals surface area contributed by atoms with E-state index in [0.717, 1.165) is 30.3 Å². The molecule has 0 bridgehead atoms. The summed E-state index contributed by atoms with van der Waals surface area (Å²) in [6.45, 7) is 4.92. The predicted octanol–water partition coefficient (Wildman–Crippen LogP) is 3.52. The first-order valence-electron chi connectivity index (χ1n) is 6.29. The zero-order valence-corrected chi connectivity index (χ0v) is 12.2. The maximum absolute atomic E-state index is 6.23. The monoisotopic (exact) mass is 299 g/mol. The van der Waals surface area contributed by atoms with Crippen LogP contribution in [0, 0.1) is 0 Å². The molecule has 2 nitrogen and oxygen atoms in total. The Balaban J connectivity index is 2.59. The van der Waals surface area contributed by atoms with Crippen LogP contribution in [0.2, 0.25) is 0 Å². The van der Waals surface area contributed by atoms with Gasteiger partial charge in [-0.25, -0.2) is 0 Å². The van der Waals surface area contributed by atoms with E-state index in [2.05, 4.69) is 35.0 Å². The van der Waals surface area contributed by atoms with Crippen molar-refractivity contribution < 1.29 is 4.74 Å². The highest BCUT2D eigenvalue weighted by atomic mass is 79.9. The van der Waals surface area contributed by atoms with Crippen LogP contribution < -0.4 is 5.73 Å². The van der Waals surface area contributed by atoms with Crippen molar-refractivity contribution in [2.45, 2.75) is 45.3 Å². The summed E-state index contributed by atoms with van der Waals surface area (Å²) in [5.41, 5.74) is 7.49. The number of hydrogen-bond donors (Lipinski definition) is 1. The average Bonchev–Trinajstić information content (AvgIpc) is 2.28. The van der Waals surface area contributed by atoms with Gasteiger partial charge in [-0.3, -0.25) is 0 Å². The fourth-order valence-corrected chi connectivity index (χ4v) is 2.43. The number of benzene rings is 1. The van der Waals surface area contributed by atoms with Crippen LogP contribution in [-0.4, -0.2) is 18.8 Å². The quantitative estimate of drug-likeness (QED) is 0.836. The van der Waals surface area contributed by atoms with Gasteiger partial charge in [0.1, 0.15) is 0 Å². The number of nitrogens with two attached hydrogens (primary N) is 1. The Labute approximate surface area is 113 Å². The first-order chi connectivity index (χ1) is 8.17. The molecule has 96 valence electrons. The topological polar surface area (TPSA) is 35.2 Å². The first-order valence-corrected chi connectivity index (χ1v) is 7.08. The second kappa shape index (κ2) is 7.85. The zero-order valence-electron chi connectivity index (χ0n) is 10.7. The maximum Gasteiger partial charge on any atom is 0.0728 e. The largest absolute Gasteiger partial charge is 0.377 e. The summed E-state index contributed by atoms with van der Waals surface area (Å²) in [4.78, 5) is 0. The standard InChI is InChI=1S/C14H22BrNO/c1-3-6-14(17-4-2)13(16)10-11-7-5-8-12(15)9-11/h5,7-9,13-14H,3-4,6,10,16H2,1-2H3. The van der Waals surface area contributed by atoms with Crippen LogP contribution in [-0.2, 0) is 11.2 Å². The molecular formula is C14H22BrNO. The first kappa shape index (κ1) is 14.7. The van der Waals surface area contributed by atoms with Gasteiger partial charge in [-0.15, -0.1) is 0 Å². The molecule has 2 unspecified atom stereocenters. The molecule has 2 N–H and O–H groups in total. The molecule has 0 aliphatic carbocycles. The molecule has 0 spiro atoms. The molecule has 0 saturated carbocycles. The molecular weight excluding hydrogens is 278 g/mol. The number of ether oxygens (including phenoxy) is 1. The Bertz CT molecular complexity index is 324. The second-order valence-electron chi connectivity index (χ2n) is 4.28. The van der Waals surface area contributed by atoms with Crippen LogP contribution in [0.25, 0.3) is 0 Å². The van der Waals surface area contributed by atoms with Gasteiger partial charge < -0.3 is 10.5 Å². The van der Waals surface area contributed by atoms with Crippen LogP contribution in [0.3, 0.4) is 0 Å². The summed E-state index contributed by atoms with van der Waals surface area (Å²) in [7, 11) is 0. The van der Waals surface area contributed by atoms with Crippen LogP contribution in [0.1, 0.15) is 32.3 Å². The lowest BCUT2D eigenvalue weighted by atomic mass is 9.99. The molecule has 0 radical (unpaired) electrons.